The van der Waals surface area contributed by atoms with Crippen LogP contribution in [0, 0.1) is 5.41 Å². The summed E-state index contributed by atoms with van der Waals surface area (Å²) >= 11 is 0. The number of hydrogen-bond donors (Lipinski definition) is 0. The van der Waals surface area contributed by atoms with E-state index in [1.165, 1.54) is 0 Å². The van der Waals surface area contributed by atoms with Gasteiger partial charge in [0, 0.05) is 6.61 Å². The fourth-order valence-corrected chi connectivity index (χ4v) is 2.72. The first kappa shape index (κ1) is 15.9. The number of hydrogen-bond acceptors (Lipinski definition) is 6. The van der Waals surface area contributed by atoms with Crippen LogP contribution in [0.3, 0.4) is 0 Å². The summed E-state index contributed by atoms with van der Waals surface area (Å²) in [5.74, 6) is -0.224. The van der Waals surface area contributed by atoms with Crippen LogP contribution in [0.15, 0.2) is 4.52 Å². The smallest absolute Gasteiger partial charge is 0.397 e. The first-order valence-electron chi connectivity index (χ1n) is 7.58. The average Bonchev–Trinajstić information content (AvgIpc) is 2.92. The second-order valence-electron chi connectivity index (χ2n) is 6.24. The molecule has 0 aliphatic heterocycles. The minimum absolute atomic E-state index is 0.101. The van der Waals surface area contributed by atoms with Gasteiger partial charge in [-0.1, -0.05) is 19.0 Å². The van der Waals surface area contributed by atoms with Crippen LogP contribution in [-0.2, 0) is 15.1 Å². The van der Waals surface area contributed by atoms with Crippen molar-refractivity contribution >= 4 is 5.97 Å². The predicted octanol–water partition coefficient (Wildman–Crippen LogP) is 3.08. The van der Waals surface area contributed by atoms with Crippen molar-refractivity contribution in [2.45, 2.75) is 59.0 Å². The van der Waals surface area contributed by atoms with Gasteiger partial charge in [0.15, 0.2) is 0 Å². The summed E-state index contributed by atoms with van der Waals surface area (Å²) in [6.45, 7) is 9.05. The molecule has 1 fully saturated rings. The van der Waals surface area contributed by atoms with Crippen LogP contribution in [0.4, 0.5) is 0 Å². The fraction of sp³-hybridized carbons (Fsp3) is 0.800. The summed E-state index contributed by atoms with van der Waals surface area (Å²) in [5.41, 5.74) is -0.243. The Bertz CT molecular complexity index is 486. The molecule has 6 nitrogen and oxygen atoms in total. The minimum Gasteiger partial charge on any atom is -0.459 e. The molecule has 0 spiro atoms. The second-order valence-corrected chi connectivity index (χ2v) is 6.24. The van der Waals surface area contributed by atoms with E-state index in [0.717, 1.165) is 25.7 Å². The lowest BCUT2D eigenvalue weighted by molar-refractivity contribution is -0.0957. The zero-order chi connectivity index (χ0) is 15.5. The maximum atomic E-state index is 11.6. The normalized spacial score (nSPS) is 20.2. The molecule has 1 saturated carbocycles. The molecule has 1 aliphatic rings. The Balaban J connectivity index is 2.21. The van der Waals surface area contributed by atoms with Crippen LogP contribution >= 0.6 is 0 Å². The third kappa shape index (κ3) is 3.43. The Labute approximate surface area is 125 Å². The molecule has 0 unspecified atom stereocenters. The van der Waals surface area contributed by atoms with Gasteiger partial charge in [-0.2, -0.15) is 4.98 Å². The number of carbonyl (C=O) groups excluding carboxylic acids is 1. The number of ether oxygens (including phenoxy) is 2. The van der Waals surface area contributed by atoms with Gasteiger partial charge >= 0.3 is 11.9 Å². The zero-order valence-electron chi connectivity index (χ0n) is 13.3. The second kappa shape index (κ2) is 6.13. The molecule has 1 aromatic heterocycles. The number of carbonyl (C=O) groups is 1. The Kier molecular flexibility index (Phi) is 4.66. The van der Waals surface area contributed by atoms with Crippen molar-refractivity contribution < 1.29 is 18.8 Å². The molecule has 0 bridgehead atoms. The Hall–Kier alpha value is -1.43. The van der Waals surface area contributed by atoms with Crippen molar-refractivity contribution in [2.75, 3.05) is 13.2 Å². The highest BCUT2D eigenvalue weighted by atomic mass is 16.6. The van der Waals surface area contributed by atoms with E-state index < -0.39 is 11.6 Å². The lowest BCUT2D eigenvalue weighted by Crippen LogP contribution is -2.38. The number of aromatic nitrogens is 2. The highest BCUT2D eigenvalue weighted by Crippen LogP contribution is 2.46. The molecule has 0 saturated heterocycles. The van der Waals surface area contributed by atoms with Gasteiger partial charge < -0.3 is 14.0 Å². The fourth-order valence-electron chi connectivity index (χ4n) is 2.72. The maximum Gasteiger partial charge on any atom is 0.397 e. The van der Waals surface area contributed by atoms with Crippen LogP contribution in [0.25, 0.3) is 0 Å². The van der Waals surface area contributed by atoms with Crippen molar-refractivity contribution in [1.82, 2.24) is 10.1 Å². The lowest BCUT2D eigenvalue weighted by atomic mass is 9.70. The molecule has 1 heterocycles. The SMILES string of the molecule is CCOC(=O)c1nc(C2(OCC)CCC(C)(C)CC2)no1. The molecular formula is C15H24N2O4. The van der Waals surface area contributed by atoms with Crippen molar-refractivity contribution in [1.29, 1.82) is 0 Å². The van der Waals surface area contributed by atoms with Crippen LogP contribution in [-0.4, -0.2) is 29.3 Å². The molecule has 0 radical (unpaired) electrons. The molecule has 21 heavy (non-hydrogen) atoms. The van der Waals surface area contributed by atoms with Gasteiger partial charge in [0.05, 0.1) is 6.61 Å². The van der Waals surface area contributed by atoms with E-state index in [1.807, 2.05) is 6.92 Å². The van der Waals surface area contributed by atoms with Gasteiger partial charge in [0.1, 0.15) is 5.60 Å². The first-order valence-corrected chi connectivity index (χ1v) is 7.58. The largest absolute Gasteiger partial charge is 0.459 e. The molecule has 118 valence electrons. The summed E-state index contributed by atoms with van der Waals surface area (Å²) < 4.78 is 15.9. The van der Waals surface area contributed by atoms with Crippen LogP contribution in [0.2, 0.25) is 0 Å². The molecule has 0 amide bonds. The van der Waals surface area contributed by atoms with Crippen LogP contribution < -0.4 is 0 Å². The van der Waals surface area contributed by atoms with Crippen molar-refractivity contribution in [3.8, 4) is 0 Å². The summed E-state index contributed by atoms with van der Waals surface area (Å²) in [6.07, 6.45) is 3.71. The van der Waals surface area contributed by atoms with Gasteiger partial charge in [0.25, 0.3) is 0 Å². The summed E-state index contributed by atoms with van der Waals surface area (Å²) in [7, 11) is 0. The average molecular weight is 296 g/mol. The van der Waals surface area contributed by atoms with E-state index in [0.29, 0.717) is 17.8 Å². The summed E-state index contributed by atoms with van der Waals surface area (Å²) in [5, 5.41) is 3.97. The molecular weight excluding hydrogens is 272 g/mol. The monoisotopic (exact) mass is 296 g/mol. The number of nitrogens with zero attached hydrogens (tertiary/aromatic N) is 2. The van der Waals surface area contributed by atoms with Gasteiger partial charge in [0.2, 0.25) is 5.82 Å². The lowest BCUT2D eigenvalue weighted by Gasteiger charge is -2.41. The van der Waals surface area contributed by atoms with Crippen LogP contribution in [0.5, 0.6) is 0 Å². The van der Waals surface area contributed by atoms with Crippen molar-refractivity contribution in [2.24, 2.45) is 5.41 Å². The van der Waals surface area contributed by atoms with E-state index in [2.05, 4.69) is 24.0 Å². The highest BCUT2D eigenvalue weighted by Gasteiger charge is 2.44. The Morgan fingerprint density at radius 3 is 2.43 bits per heavy atom. The standard InChI is InChI=1S/C15H24N2O4/c1-5-19-12(18)11-16-13(17-21-11)15(20-6-2)9-7-14(3,4)8-10-15/h5-10H2,1-4H3. The third-order valence-electron chi connectivity index (χ3n) is 4.12. The Morgan fingerprint density at radius 2 is 1.86 bits per heavy atom. The van der Waals surface area contributed by atoms with Gasteiger partial charge in [-0.25, -0.2) is 4.79 Å². The van der Waals surface area contributed by atoms with Gasteiger partial charge in [-0.3, -0.25) is 0 Å². The van der Waals surface area contributed by atoms with Gasteiger partial charge in [-0.15, -0.1) is 0 Å². The molecule has 0 aromatic carbocycles. The molecule has 1 aliphatic carbocycles. The molecule has 0 N–H and O–H groups in total. The highest BCUT2D eigenvalue weighted by molar-refractivity contribution is 5.83. The molecule has 0 atom stereocenters. The summed E-state index contributed by atoms with van der Waals surface area (Å²) in [4.78, 5) is 15.9. The maximum absolute atomic E-state index is 11.6. The van der Waals surface area contributed by atoms with E-state index in [9.17, 15) is 4.79 Å². The molecule has 6 heteroatoms. The summed E-state index contributed by atoms with van der Waals surface area (Å²) in [6, 6.07) is 0. The van der Waals surface area contributed by atoms with E-state index in [1.54, 1.807) is 6.92 Å². The third-order valence-corrected chi connectivity index (χ3v) is 4.12. The van der Waals surface area contributed by atoms with Gasteiger partial charge in [-0.05, 0) is 44.9 Å². The van der Waals surface area contributed by atoms with E-state index >= 15 is 0 Å². The number of esters is 1. The van der Waals surface area contributed by atoms with Crippen molar-refractivity contribution in [3.05, 3.63) is 11.7 Å². The van der Waals surface area contributed by atoms with E-state index in [4.69, 9.17) is 14.0 Å². The Morgan fingerprint density at radius 1 is 1.19 bits per heavy atom. The number of rotatable bonds is 5. The van der Waals surface area contributed by atoms with Crippen LogP contribution in [0.1, 0.15) is 69.9 Å². The van der Waals surface area contributed by atoms with Crippen molar-refractivity contribution in [3.63, 3.8) is 0 Å². The predicted molar refractivity (Wildman–Crippen MR) is 75.8 cm³/mol. The minimum atomic E-state index is -0.584. The quantitative estimate of drug-likeness (QED) is 0.777. The zero-order valence-corrected chi connectivity index (χ0v) is 13.3. The molecule has 2 rings (SSSR count). The van der Waals surface area contributed by atoms with E-state index in [-0.39, 0.29) is 12.5 Å². The topological polar surface area (TPSA) is 74.5 Å². The molecule has 1 aromatic rings. The first-order chi connectivity index (χ1) is 9.92.